The molecule has 6 nitrogen and oxygen atoms in total. The second kappa shape index (κ2) is 6.23. The fourth-order valence-corrected chi connectivity index (χ4v) is 2.18. The van der Waals surface area contributed by atoms with E-state index >= 15 is 0 Å². The van der Waals surface area contributed by atoms with Crippen molar-refractivity contribution in [2.24, 2.45) is 0 Å². The number of pyridine rings is 1. The summed E-state index contributed by atoms with van der Waals surface area (Å²) in [5.41, 5.74) is 2.48. The van der Waals surface area contributed by atoms with Gasteiger partial charge in [0.1, 0.15) is 0 Å². The first-order chi connectivity index (χ1) is 11.4. The minimum absolute atomic E-state index is 0.0426. The van der Waals surface area contributed by atoms with E-state index in [-0.39, 0.29) is 17.3 Å². The van der Waals surface area contributed by atoms with E-state index in [2.05, 4.69) is 41.3 Å². The lowest BCUT2D eigenvalue weighted by Crippen LogP contribution is -2.14. The normalized spacial score (nSPS) is 11.3. The molecule has 3 rings (SSSR count). The van der Waals surface area contributed by atoms with E-state index in [0.717, 1.165) is 11.1 Å². The Kier molecular flexibility index (Phi) is 4.12. The third kappa shape index (κ3) is 3.48. The van der Waals surface area contributed by atoms with Crippen molar-refractivity contribution in [3.05, 3.63) is 59.9 Å². The van der Waals surface area contributed by atoms with Crippen LogP contribution in [0, 0.1) is 0 Å². The fraction of sp³-hybridized carbons (Fsp3) is 0.222. The molecule has 1 aromatic carbocycles. The molecule has 0 saturated carbocycles. The first kappa shape index (κ1) is 15.9. The summed E-state index contributed by atoms with van der Waals surface area (Å²) >= 11 is 0. The van der Waals surface area contributed by atoms with Gasteiger partial charge < -0.3 is 4.42 Å². The molecule has 0 radical (unpaired) electrons. The molecule has 1 N–H and O–H groups in total. The molecule has 122 valence electrons. The lowest BCUT2D eigenvalue weighted by atomic mass is 9.87. The summed E-state index contributed by atoms with van der Waals surface area (Å²) in [6, 6.07) is 11.0. The van der Waals surface area contributed by atoms with Crippen molar-refractivity contribution in [2.75, 3.05) is 5.32 Å². The van der Waals surface area contributed by atoms with Gasteiger partial charge in [0.15, 0.2) is 0 Å². The molecule has 0 aliphatic rings. The molecule has 24 heavy (non-hydrogen) atoms. The number of amides is 1. The molecule has 0 unspecified atom stereocenters. The van der Waals surface area contributed by atoms with Crippen molar-refractivity contribution in [3.8, 4) is 11.5 Å². The number of rotatable bonds is 3. The highest BCUT2D eigenvalue weighted by molar-refractivity contribution is 6.03. The quantitative estimate of drug-likeness (QED) is 0.795. The first-order valence-corrected chi connectivity index (χ1v) is 7.59. The van der Waals surface area contributed by atoms with E-state index in [9.17, 15) is 4.79 Å². The van der Waals surface area contributed by atoms with Crippen LogP contribution in [0.2, 0.25) is 0 Å². The van der Waals surface area contributed by atoms with Crippen molar-refractivity contribution in [1.29, 1.82) is 0 Å². The number of nitrogens with one attached hydrogen (secondary N) is 1. The average molecular weight is 322 g/mol. The monoisotopic (exact) mass is 322 g/mol. The van der Waals surface area contributed by atoms with Crippen molar-refractivity contribution in [3.63, 3.8) is 0 Å². The zero-order chi connectivity index (χ0) is 17.2. The number of anilines is 1. The maximum absolute atomic E-state index is 12.3. The van der Waals surface area contributed by atoms with Gasteiger partial charge in [0.2, 0.25) is 5.89 Å². The number of carbonyl (C=O) groups is 1. The third-order valence-electron chi connectivity index (χ3n) is 3.59. The van der Waals surface area contributed by atoms with Gasteiger partial charge in [0, 0.05) is 23.5 Å². The van der Waals surface area contributed by atoms with Crippen LogP contribution in [0.5, 0.6) is 0 Å². The molecule has 6 heteroatoms. The van der Waals surface area contributed by atoms with Gasteiger partial charge in [0.25, 0.3) is 5.91 Å². The average Bonchev–Trinajstić information content (AvgIpc) is 3.03. The van der Waals surface area contributed by atoms with Gasteiger partial charge in [-0.3, -0.25) is 15.1 Å². The van der Waals surface area contributed by atoms with Gasteiger partial charge in [-0.1, -0.05) is 38.0 Å². The van der Waals surface area contributed by atoms with E-state index < -0.39 is 0 Å². The van der Waals surface area contributed by atoms with Crippen LogP contribution >= 0.6 is 0 Å². The third-order valence-corrected chi connectivity index (χ3v) is 3.59. The van der Waals surface area contributed by atoms with Crippen LogP contribution in [0.3, 0.4) is 0 Å². The van der Waals surface area contributed by atoms with Crippen LogP contribution in [0.25, 0.3) is 11.5 Å². The van der Waals surface area contributed by atoms with Crippen molar-refractivity contribution in [1.82, 2.24) is 15.2 Å². The predicted octanol–water partition coefficient (Wildman–Crippen LogP) is 3.68. The summed E-state index contributed by atoms with van der Waals surface area (Å²) in [5, 5.41) is 10.4. The maximum Gasteiger partial charge on any atom is 0.322 e. The molecule has 1 amide bonds. The lowest BCUT2D eigenvalue weighted by molar-refractivity contribution is 0.102. The van der Waals surface area contributed by atoms with Crippen LogP contribution in [-0.2, 0) is 5.41 Å². The highest BCUT2D eigenvalue weighted by atomic mass is 16.4. The number of hydrogen-bond acceptors (Lipinski definition) is 5. The molecule has 0 saturated heterocycles. The molecular formula is C18H18N4O2. The van der Waals surface area contributed by atoms with Gasteiger partial charge in [-0.25, -0.2) is 0 Å². The summed E-state index contributed by atoms with van der Waals surface area (Å²) in [5.74, 6) is 0.0381. The molecule has 0 atom stereocenters. The molecule has 0 aliphatic heterocycles. The van der Waals surface area contributed by atoms with Crippen LogP contribution < -0.4 is 5.32 Å². The minimum Gasteiger partial charge on any atom is -0.403 e. The number of benzene rings is 1. The first-order valence-electron chi connectivity index (χ1n) is 7.59. The van der Waals surface area contributed by atoms with Crippen LogP contribution in [0.4, 0.5) is 6.01 Å². The van der Waals surface area contributed by atoms with Crippen molar-refractivity contribution >= 4 is 11.9 Å². The Bertz CT molecular complexity index is 833. The second-order valence-electron chi connectivity index (χ2n) is 6.43. The maximum atomic E-state index is 12.3. The summed E-state index contributed by atoms with van der Waals surface area (Å²) in [7, 11) is 0. The van der Waals surface area contributed by atoms with E-state index in [1.165, 1.54) is 0 Å². The van der Waals surface area contributed by atoms with Gasteiger partial charge in [-0.05, 0) is 35.2 Å². The van der Waals surface area contributed by atoms with Gasteiger partial charge in [-0.15, -0.1) is 5.10 Å². The standard InChI is InChI=1S/C18H18N4O2/c1-18(2,3)14-6-4-12(5-7-14)15(23)20-17-22-21-16(24-17)13-8-10-19-11-9-13/h4-11H,1-3H3,(H,20,22,23). The Morgan fingerprint density at radius 1 is 1.00 bits per heavy atom. The van der Waals surface area contributed by atoms with E-state index in [1.54, 1.807) is 36.7 Å². The highest BCUT2D eigenvalue weighted by Gasteiger charge is 2.16. The zero-order valence-electron chi connectivity index (χ0n) is 13.8. The Labute approximate surface area is 140 Å². The largest absolute Gasteiger partial charge is 0.403 e. The molecule has 3 aromatic rings. The topological polar surface area (TPSA) is 80.9 Å². The Morgan fingerprint density at radius 2 is 1.67 bits per heavy atom. The summed E-state index contributed by atoms with van der Waals surface area (Å²) in [4.78, 5) is 16.2. The summed E-state index contributed by atoms with van der Waals surface area (Å²) in [6.07, 6.45) is 3.27. The molecule has 2 aromatic heterocycles. The summed E-state index contributed by atoms with van der Waals surface area (Å²) in [6.45, 7) is 6.38. The van der Waals surface area contributed by atoms with E-state index in [1.807, 2.05) is 12.1 Å². The van der Waals surface area contributed by atoms with Crippen LogP contribution in [0.1, 0.15) is 36.7 Å². The predicted molar refractivity (Wildman–Crippen MR) is 90.6 cm³/mol. The van der Waals surface area contributed by atoms with E-state index in [4.69, 9.17) is 4.42 Å². The van der Waals surface area contributed by atoms with Crippen molar-refractivity contribution in [2.45, 2.75) is 26.2 Å². The molecular weight excluding hydrogens is 304 g/mol. The SMILES string of the molecule is CC(C)(C)c1ccc(C(=O)Nc2nnc(-c3ccncc3)o2)cc1. The van der Waals surface area contributed by atoms with Crippen LogP contribution in [-0.4, -0.2) is 21.1 Å². The van der Waals surface area contributed by atoms with Gasteiger partial charge >= 0.3 is 6.01 Å². The van der Waals surface area contributed by atoms with E-state index in [0.29, 0.717) is 11.5 Å². The molecule has 2 heterocycles. The summed E-state index contributed by atoms with van der Waals surface area (Å²) < 4.78 is 5.46. The molecule has 0 fully saturated rings. The smallest absolute Gasteiger partial charge is 0.322 e. The second-order valence-corrected chi connectivity index (χ2v) is 6.43. The zero-order valence-corrected chi connectivity index (χ0v) is 13.8. The Hall–Kier alpha value is -3.02. The number of carbonyl (C=O) groups excluding carboxylic acids is 1. The number of nitrogens with zero attached hydrogens (tertiary/aromatic N) is 3. The minimum atomic E-state index is -0.291. The molecule has 0 bridgehead atoms. The fourth-order valence-electron chi connectivity index (χ4n) is 2.18. The van der Waals surface area contributed by atoms with Crippen LogP contribution in [0.15, 0.2) is 53.2 Å². The number of aromatic nitrogens is 3. The lowest BCUT2D eigenvalue weighted by Gasteiger charge is -2.18. The Morgan fingerprint density at radius 3 is 2.29 bits per heavy atom. The highest BCUT2D eigenvalue weighted by Crippen LogP contribution is 2.23. The number of hydrogen-bond donors (Lipinski definition) is 1. The van der Waals surface area contributed by atoms with Gasteiger partial charge in [-0.2, -0.15) is 0 Å². The molecule has 0 aliphatic carbocycles. The molecule has 0 spiro atoms. The Balaban J connectivity index is 1.72. The van der Waals surface area contributed by atoms with Crippen molar-refractivity contribution < 1.29 is 9.21 Å². The van der Waals surface area contributed by atoms with Gasteiger partial charge in [0.05, 0.1) is 0 Å².